The van der Waals surface area contributed by atoms with Crippen LogP contribution in [0.15, 0.2) is 41.3 Å². The van der Waals surface area contributed by atoms with Gasteiger partial charge in [0.1, 0.15) is 0 Å². The molecule has 0 saturated carbocycles. The largest absolute Gasteiger partial charge is 0.282 e. The maximum atomic E-state index is 10.7. The van der Waals surface area contributed by atoms with Gasteiger partial charge >= 0.3 is 0 Å². The van der Waals surface area contributed by atoms with Gasteiger partial charge in [-0.15, -0.1) is 0 Å². The monoisotopic (exact) mass is 187 g/mol. The SMILES string of the molecule is O=c1cnc(Cc2ccccc2)n[nH]1. The molecule has 0 aliphatic rings. The Labute approximate surface area is 80.6 Å². The van der Waals surface area contributed by atoms with Crippen molar-refractivity contribution in [2.75, 3.05) is 0 Å². The molecule has 0 fully saturated rings. The van der Waals surface area contributed by atoms with Crippen molar-refractivity contribution in [3.05, 3.63) is 58.3 Å². The molecule has 0 unspecified atom stereocenters. The third-order valence-electron chi connectivity index (χ3n) is 1.83. The van der Waals surface area contributed by atoms with Gasteiger partial charge in [-0.1, -0.05) is 30.3 Å². The van der Waals surface area contributed by atoms with E-state index in [0.717, 1.165) is 5.56 Å². The maximum Gasteiger partial charge on any atom is 0.282 e. The summed E-state index contributed by atoms with van der Waals surface area (Å²) in [4.78, 5) is 14.6. The lowest BCUT2D eigenvalue weighted by Crippen LogP contribution is -2.10. The van der Waals surface area contributed by atoms with Crippen LogP contribution in [-0.4, -0.2) is 15.2 Å². The van der Waals surface area contributed by atoms with Crippen LogP contribution in [0, 0.1) is 0 Å². The minimum atomic E-state index is -0.276. The van der Waals surface area contributed by atoms with Crippen molar-refractivity contribution < 1.29 is 0 Å². The standard InChI is InChI=1S/C10H9N3O/c14-10-7-11-9(12-13-10)6-8-4-2-1-3-5-8/h1-5,7H,6H2,(H,13,14). The highest BCUT2D eigenvalue weighted by molar-refractivity contribution is 5.18. The molecule has 1 aromatic heterocycles. The van der Waals surface area contributed by atoms with E-state index in [2.05, 4.69) is 15.2 Å². The highest BCUT2D eigenvalue weighted by Gasteiger charge is 1.97. The molecule has 0 saturated heterocycles. The molecule has 0 aliphatic heterocycles. The topological polar surface area (TPSA) is 58.6 Å². The van der Waals surface area contributed by atoms with Crippen molar-refractivity contribution in [2.45, 2.75) is 6.42 Å². The van der Waals surface area contributed by atoms with Gasteiger partial charge in [0.15, 0.2) is 5.82 Å². The van der Waals surface area contributed by atoms with E-state index in [9.17, 15) is 4.79 Å². The van der Waals surface area contributed by atoms with Crippen LogP contribution < -0.4 is 5.56 Å². The van der Waals surface area contributed by atoms with Gasteiger partial charge < -0.3 is 0 Å². The van der Waals surface area contributed by atoms with Crippen molar-refractivity contribution in [2.24, 2.45) is 0 Å². The molecular formula is C10H9N3O. The van der Waals surface area contributed by atoms with Crippen molar-refractivity contribution in [1.29, 1.82) is 0 Å². The third kappa shape index (κ3) is 2.04. The maximum absolute atomic E-state index is 10.7. The smallest absolute Gasteiger partial charge is 0.266 e. The average Bonchev–Trinajstić information content (AvgIpc) is 2.23. The number of rotatable bonds is 2. The second-order valence-electron chi connectivity index (χ2n) is 2.92. The molecular weight excluding hydrogens is 178 g/mol. The normalized spacial score (nSPS) is 10.0. The molecule has 1 heterocycles. The van der Waals surface area contributed by atoms with Crippen LogP contribution in [0.25, 0.3) is 0 Å². The highest BCUT2D eigenvalue weighted by atomic mass is 16.1. The van der Waals surface area contributed by atoms with Crippen molar-refractivity contribution in [3.8, 4) is 0 Å². The molecule has 0 amide bonds. The van der Waals surface area contributed by atoms with Gasteiger partial charge in [0.2, 0.25) is 0 Å². The third-order valence-corrected chi connectivity index (χ3v) is 1.83. The lowest BCUT2D eigenvalue weighted by Gasteiger charge is -1.97. The Bertz CT molecular complexity index is 444. The summed E-state index contributed by atoms with van der Waals surface area (Å²) in [6, 6.07) is 9.86. The van der Waals surface area contributed by atoms with Crippen molar-refractivity contribution in [3.63, 3.8) is 0 Å². The number of hydrogen-bond acceptors (Lipinski definition) is 3. The van der Waals surface area contributed by atoms with E-state index < -0.39 is 0 Å². The van der Waals surface area contributed by atoms with Gasteiger partial charge in [0.25, 0.3) is 5.56 Å². The number of hydrogen-bond donors (Lipinski definition) is 1. The molecule has 0 spiro atoms. The molecule has 14 heavy (non-hydrogen) atoms. The first-order valence-electron chi connectivity index (χ1n) is 4.29. The molecule has 4 nitrogen and oxygen atoms in total. The lowest BCUT2D eigenvalue weighted by atomic mass is 10.1. The molecule has 2 rings (SSSR count). The quantitative estimate of drug-likeness (QED) is 0.754. The summed E-state index contributed by atoms with van der Waals surface area (Å²) < 4.78 is 0. The predicted octanol–water partition coefficient (Wildman–Crippen LogP) is 0.756. The Morgan fingerprint density at radius 1 is 1.21 bits per heavy atom. The van der Waals surface area contributed by atoms with E-state index in [0.29, 0.717) is 12.2 Å². The number of nitrogens with one attached hydrogen (secondary N) is 1. The number of aromatic amines is 1. The van der Waals surface area contributed by atoms with Crippen LogP contribution in [-0.2, 0) is 6.42 Å². The summed E-state index contributed by atoms with van der Waals surface area (Å²) in [7, 11) is 0. The molecule has 0 bridgehead atoms. The minimum absolute atomic E-state index is 0.276. The van der Waals surface area contributed by atoms with Gasteiger partial charge in [-0.05, 0) is 5.56 Å². The summed E-state index contributed by atoms with van der Waals surface area (Å²) >= 11 is 0. The second-order valence-corrected chi connectivity index (χ2v) is 2.92. The second kappa shape index (κ2) is 3.83. The molecule has 0 atom stereocenters. The first kappa shape index (κ1) is 8.62. The fraction of sp³-hybridized carbons (Fsp3) is 0.100. The molecule has 1 aromatic carbocycles. The summed E-state index contributed by atoms with van der Waals surface area (Å²) in [6.45, 7) is 0. The summed E-state index contributed by atoms with van der Waals surface area (Å²) in [5.41, 5.74) is 0.848. The number of nitrogens with zero attached hydrogens (tertiary/aromatic N) is 2. The Kier molecular flexibility index (Phi) is 2.36. The Balaban J connectivity index is 2.19. The Hall–Kier alpha value is -1.97. The van der Waals surface area contributed by atoms with Gasteiger partial charge in [-0.25, -0.2) is 10.1 Å². The van der Waals surface area contributed by atoms with E-state index in [1.165, 1.54) is 6.20 Å². The van der Waals surface area contributed by atoms with Crippen LogP contribution in [0.3, 0.4) is 0 Å². The molecule has 4 heteroatoms. The van der Waals surface area contributed by atoms with Gasteiger partial charge in [0.05, 0.1) is 6.20 Å². The van der Waals surface area contributed by atoms with E-state index in [-0.39, 0.29) is 5.56 Å². The van der Waals surface area contributed by atoms with Crippen molar-refractivity contribution >= 4 is 0 Å². The summed E-state index contributed by atoms with van der Waals surface area (Å²) in [5.74, 6) is 0.621. The number of H-pyrrole nitrogens is 1. The number of benzene rings is 1. The fourth-order valence-corrected chi connectivity index (χ4v) is 1.17. The van der Waals surface area contributed by atoms with E-state index in [1.807, 2.05) is 30.3 Å². The van der Waals surface area contributed by atoms with Crippen LogP contribution in [0.5, 0.6) is 0 Å². The van der Waals surface area contributed by atoms with Gasteiger partial charge in [0, 0.05) is 6.42 Å². The van der Waals surface area contributed by atoms with E-state index in [1.54, 1.807) is 0 Å². The number of aromatic nitrogens is 3. The Morgan fingerprint density at radius 2 is 2.00 bits per heavy atom. The fourth-order valence-electron chi connectivity index (χ4n) is 1.17. The summed E-state index contributed by atoms with van der Waals surface area (Å²) in [6.07, 6.45) is 1.88. The first-order valence-corrected chi connectivity index (χ1v) is 4.29. The molecule has 0 aliphatic carbocycles. The Morgan fingerprint density at radius 3 is 2.64 bits per heavy atom. The zero-order valence-electron chi connectivity index (χ0n) is 7.47. The molecule has 0 radical (unpaired) electrons. The molecule has 2 aromatic rings. The van der Waals surface area contributed by atoms with Gasteiger partial charge in [-0.2, -0.15) is 5.10 Å². The lowest BCUT2D eigenvalue weighted by molar-refractivity contribution is 0.841. The van der Waals surface area contributed by atoms with Crippen LogP contribution >= 0.6 is 0 Å². The van der Waals surface area contributed by atoms with Gasteiger partial charge in [-0.3, -0.25) is 4.79 Å². The highest BCUT2D eigenvalue weighted by Crippen LogP contribution is 2.02. The van der Waals surface area contributed by atoms with Crippen LogP contribution in [0.1, 0.15) is 11.4 Å². The minimum Gasteiger partial charge on any atom is -0.266 e. The molecule has 1 N–H and O–H groups in total. The predicted molar refractivity (Wildman–Crippen MR) is 51.9 cm³/mol. The van der Waals surface area contributed by atoms with Crippen LogP contribution in [0.2, 0.25) is 0 Å². The molecule has 70 valence electrons. The van der Waals surface area contributed by atoms with E-state index in [4.69, 9.17) is 0 Å². The first-order chi connectivity index (χ1) is 6.84. The van der Waals surface area contributed by atoms with Crippen LogP contribution in [0.4, 0.5) is 0 Å². The average molecular weight is 187 g/mol. The van der Waals surface area contributed by atoms with E-state index >= 15 is 0 Å². The zero-order valence-corrected chi connectivity index (χ0v) is 7.47. The van der Waals surface area contributed by atoms with Crippen molar-refractivity contribution in [1.82, 2.24) is 15.2 Å². The summed E-state index contributed by atoms with van der Waals surface area (Å²) in [5, 5.41) is 6.18. The zero-order chi connectivity index (χ0) is 9.80.